The zero-order chi connectivity index (χ0) is 12.4. The minimum absolute atomic E-state index is 0.341. The molecule has 0 amide bonds. The Bertz CT molecular complexity index is 420. The number of hydrogen-bond acceptors (Lipinski definition) is 2. The topological polar surface area (TPSA) is 44.9 Å². The van der Waals surface area contributed by atoms with Crippen molar-refractivity contribution in [3.05, 3.63) is 22.5 Å². The lowest BCUT2D eigenvalue weighted by Gasteiger charge is -2.21. The molecule has 0 bridgehead atoms. The number of Topliss-reactive ketones (excluding diaryl/α,β-unsaturated/α-hetero) is 1. The van der Waals surface area contributed by atoms with Gasteiger partial charge in [-0.3, -0.25) is 4.79 Å². The van der Waals surface area contributed by atoms with Crippen LogP contribution in [0.5, 0.6) is 0 Å². The van der Waals surface area contributed by atoms with Gasteiger partial charge in [0, 0.05) is 23.4 Å². The predicted molar refractivity (Wildman–Crippen MR) is 69.6 cm³/mol. The normalized spacial score (nSPS) is 19.5. The number of carbonyl (C=O) groups is 1. The summed E-state index contributed by atoms with van der Waals surface area (Å²) in [6.07, 6.45) is 3.79. The largest absolute Gasteiger partial charge is 0.362 e. The molecule has 1 heterocycles. The van der Waals surface area contributed by atoms with Crippen molar-refractivity contribution in [2.45, 2.75) is 39.5 Å². The molecule has 0 spiro atoms. The maximum atomic E-state index is 12.2. The van der Waals surface area contributed by atoms with E-state index in [2.05, 4.69) is 24.1 Å². The molecular formula is C14H22N2O. The monoisotopic (exact) mass is 234 g/mol. The maximum absolute atomic E-state index is 12.2. The van der Waals surface area contributed by atoms with E-state index in [1.165, 1.54) is 17.0 Å². The molecule has 1 aromatic heterocycles. The van der Waals surface area contributed by atoms with Gasteiger partial charge in [0.15, 0.2) is 5.78 Å². The molecule has 0 unspecified atom stereocenters. The lowest BCUT2D eigenvalue weighted by atomic mass is 9.83. The van der Waals surface area contributed by atoms with E-state index in [9.17, 15) is 4.79 Å². The van der Waals surface area contributed by atoms with Gasteiger partial charge in [0.25, 0.3) is 0 Å². The molecule has 1 aliphatic rings. The van der Waals surface area contributed by atoms with Gasteiger partial charge in [0.1, 0.15) is 0 Å². The molecule has 0 aliphatic heterocycles. The van der Waals surface area contributed by atoms with Crippen LogP contribution in [0.1, 0.15) is 47.1 Å². The molecule has 0 saturated heterocycles. The van der Waals surface area contributed by atoms with Gasteiger partial charge in [0.05, 0.1) is 0 Å². The van der Waals surface area contributed by atoms with Gasteiger partial charge in [-0.05, 0) is 51.3 Å². The number of carbonyl (C=O) groups excluding carboxylic acids is 1. The van der Waals surface area contributed by atoms with Gasteiger partial charge in [0.2, 0.25) is 0 Å². The Hall–Kier alpha value is -1.09. The second-order valence-electron chi connectivity index (χ2n) is 5.03. The highest BCUT2D eigenvalue weighted by Crippen LogP contribution is 2.31. The van der Waals surface area contributed by atoms with Crippen LogP contribution in [0.15, 0.2) is 0 Å². The standard InChI is InChI=1S/C14H22N2O/c1-4-11-9(2)16-12-7-10(5-6-15-3)8-13(17)14(11)12/h10,15-16H,4-8H2,1-3H3/t10-/m0/s1. The predicted octanol–water partition coefficient (Wildman–Crippen LogP) is 2.24. The minimum atomic E-state index is 0.341. The first-order valence-electron chi connectivity index (χ1n) is 6.55. The Labute approximate surface area is 103 Å². The number of aromatic amines is 1. The quantitative estimate of drug-likeness (QED) is 0.839. The van der Waals surface area contributed by atoms with Crippen LogP contribution < -0.4 is 5.32 Å². The molecule has 1 aliphatic carbocycles. The van der Waals surface area contributed by atoms with E-state index in [4.69, 9.17) is 0 Å². The van der Waals surface area contributed by atoms with E-state index in [-0.39, 0.29) is 0 Å². The molecule has 0 radical (unpaired) electrons. The van der Waals surface area contributed by atoms with Gasteiger partial charge in [-0.1, -0.05) is 6.92 Å². The van der Waals surface area contributed by atoms with Crippen molar-refractivity contribution in [1.29, 1.82) is 0 Å². The first-order valence-corrected chi connectivity index (χ1v) is 6.55. The first-order chi connectivity index (χ1) is 8.17. The molecule has 3 heteroatoms. The fourth-order valence-electron chi connectivity index (χ4n) is 2.94. The Kier molecular flexibility index (Phi) is 3.67. The van der Waals surface area contributed by atoms with Crippen LogP contribution in [0, 0.1) is 12.8 Å². The van der Waals surface area contributed by atoms with Crippen LogP contribution in [0.25, 0.3) is 0 Å². The summed E-state index contributed by atoms with van der Waals surface area (Å²) in [5.41, 5.74) is 4.60. The highest BCUT2D eigenvalue weighted by atomic mass is 16.1. The second-order valence-corrected chi connectivity index (χ2v) is 5.03. The van der Waals surface area contributed by atoms with Crippen molar-refractivity contribution < 1.29 is 4.79 Å². The average Bonchev–Trinajstić information content (AvgIpc) is 2.62. The number of nitrogens with one attached hydrogen (secondary N) is 2. The highest BCUT2D eigenvalue weighted by Gasteiger charge is 2.29. The molecule has 2 rings (SSSR count). The van der Waals surface area contributed by atoms with Gasteiger partial charge < -0.3 is 10.3 Å². The number of hydrogen-bond donors (Lipinski definition) is 2. The lowest BCUT2D eigenvalue weighted by Crippen LogP contribution is -2.23. The summed E-state index contributed by atoms with van der Waals surface area (Å²) in [4.78, 5) is 15.6. The molecule has 1 atom stereocenters. The fourth-order valence-corrected chi connectivity index (χ4v) is 2.94. The summed E-state index contributed by atoms with van der Waals surface area (Å²) < 4.78 is 0. The molecular weight excluding hydrogens is 212 g/mol. The summed E-state index contributed by atoms with van der Waals surface area (Å²) in [5, 5.41) is 3.16. The van der Waals surface area contributed by atoms with Crippen molar-refractivity contribution in [3.63, 3.8) is 0 Å². The molecule has 0 aromatic carbocycles. The Morgan fingerprint density at radius 3 is 2.82 bits per heavy atom. The fraction of sp³-hybridized carbons (Fsp3) is 0.643. The van der Waals surface area contributed by atoms with E-state index in [1.807, 2.05) is 7.05 Å². The summed E-state index contributed by atoms with van der Waals surface area (Å²) in [6.45, 7) is 5.19. The van der Waals surface area contributed by atoms with Crippen molar-refractivity contribution in [1.82, 2.24) is 10.3 Å². The van der Waals surface area contributed by atoms with Crippen LogP contribution in [0.2, 0.25) is 0 Å². The van der Waals surface area contributed by atoms with Gasteiger partial charge in [-0.25, -0.2) is 0 Å². The number of H-pyrrole nitrogens is 1. The van der Waals surface area contributed by atoms with Gasteiger partial charge in [-0.15, -0.1) is 0 Å². The van der Waals surface area contributed by atoms with Gasteiger partial charge >= 0.3 is 0 Å². The zero-order valence-electron chi connectivity index (χ0n) is 11.0. The molecule has 17 heavy (non-hydrogen) atoms. The average molecular weight is 234 g/mol. The lowest BCUT2D eigenvalue weighted by molar-refractivity contribution is 0.0945. The van der Waals surface area contributed by atoms with Crippen LogP contribution in [-0.2, 0) is 12.8 Å². The second kappa shape index (κ2) is 5.05. The van der Waals surface area contributed by atoms with Crippen molar-refractivity contribution >= 4 is 5.78 Å². The number of rotatable bonds is 4. The van der Waals surface area contributed by atoms with Crippen LogP contribution in [-0.4, -0.2) is 24.4 Å². The smallest absolute Gasteiger partial charge is 0.165 e. The summed E-state index contributed by atoms with van der Waals surface area (Å²) >= 11 is 0. The van der Waals surface area contributed by atoms with Crippen molar-refractivity contribution in [3.8, 4) is 0 Å². The third-order valence-electron chi connectivity index (χ3n) is 3.80. The van der Waals surface area contributed by atoms with Crippen LogP contribution in [0.3, 0.4) is 0 Å². The molecule has 94 valence electrons. The highest BCUT2D eigenvalue weighted by molar-refractivity contribution is 6.00. The molecule has 3 nitrogen and oxygen atoms in total. The SMILES string of the molecule is CCc1c(C)[nH]c2c1C(=O)C[C@@H](CCNC)C2. The summed E-state index contributed by atoms with van der Waals surface area (Å²) in [5.74, 6) is 0.846. The third-order valence-corrected chi connectivity index (χ3v) is 3.80. The number of ketones is 1. The molecule has 0 fully saturated rings. The minimum Gasteiger partial charge on any atom is -0.362 e. The van der Waals surface area contributed by atoms with E-state index >= 15 is 0 Å². The zero-order valence-corrected chi connectivity index (χ0v) is 11.0. The van der Waals surface area contributed by atoms with Crippen molar-refractivity contribution in [2.75, 3.05) is 13.6 Å². The van der Waals surface area contributed by atoms with Crippen LogP contribution in [0.4, 0.5) is 0 Å². The van der Waals surface area contributed by atoms with E-state index in [0.29, 0.717) is 11.7 Å². The Morgan fingerprint density at radius 2 is 2.18 bits per heavy atom. The molecule has 2 N–H and O–H groups in total. The number of aryl methyl sites for hydroxylation is 1. The van der Waals surface area contributed by atoms with Crippen molar-refractivity contribution in [2.24, 2.45) is 5.92 Å². The molecule has 0 saturated carbocycles. The summed E-state index contributed by atoms with van der Waals surface area (Å²) in [6, 6.07) is 0. The maximum Gasteiger partial charge on any atom is 0.165 e. The first kappa shape index (κ1) is 12.4. The number of fused-ring (bicyclic) bond motifs is 1. The van der Waals surface area contributed by atoms with Crippen LogP contribution >= 0.6 is 0 Å². The van der Waals surface area contributed by atoms with E-state index in [1.54, 1.807) is 0 Å². The Balaban J connectivity index is 2.23. The van der Waals surface area contributed by atoms with E-state index in [0.717, 1.165) is 37.8 Å². The van der Waals surface area contributed by atoms with Gasteiger partial charge in [-0.2, -0.15) is 0 Å². The third kappa shape index (κ3) is 2.29. The van der Waals surface area contributed by atoms with E-state index < -0.39 is 0 Å². The summed E-state index contributed by atoms with van der Waals surface area (Å²) in [7, 11) is 1.96. The number of aromatic nitrogens is 1. The molecule has 1 aromatic rings. The Morgan fingerprint density at radius 1 is 1.41 bits per heavy atom.